The third-order valence-corrected chi connectivity index (χ3v) is 4.62. The summed E-state index contributed by atoms with van der Waals surface area (Å²) in [4.78, 5) is 6.79. The molecular formula is C20H30F3N3O2. The van der Waals surface area contributed by atoms with Gasteiger partial charge in [-0.15, -0.1) is 0 Å². The number of ether oxygens (including phenoxy) is 2. The molecular weight excluding hydrogens is 371 g/mol. The molecule has 1 aromatic carbocycles. The molecule has 0 unspecified atom stereocenters. The lowest BCUT2D eigenvalue weighted by Gasteiger charge is -2.34. The average molecular weight is 401 g/mol. The van der Waals surface area contributed by atoms with Crippen LogP contribution in [0.4, 0.5) is 13.2 Å². The molecule has 2 rings (SSSR count). The van der Waals surface area contributed by atoms with E-state index in [0.29, 0.717) is 19.8 Å². The highest BCUT2D eigenvalue weighted by Crippen LogP contribution is 2.29. The van der Waals surface area contributed by atoms with Gasteiger partial charge in [-0.1, -0.05) is 12.1 Å². The van der Waals surface area contributed by atoms with Crippen molar-refractivity contribution in [3.8, 4) is 0 Å². The largest absolute Gasteiger partial charge is 0.416 e. The first-order chi connectivity index (χ1) is 13.4. The molecule has 1 fully saturated rings. The van der Waals surface area contributed by atoms with Gasteiger partial charge < -0.3 is 19.7 Å². The van der Waals surface area contributed by atoms with Crippen LogP contribution in [0.15, 0.2) is 29.3 Å². The Hall–Kier alpha value is -1.80. The summed E-state index contributed by atoms with van der Waals surface area (Å²) in [5.74, 6) is 0.792. The Morgan fingerprint density at radius 2 is 1.86 bits per heavy atom. The number of nitrogens with zero attached hydrogens (tertiary/aromatic N) is 2. The third-order valence-electron chi connectivity index (χ3n) is 4.62. The molecule has 158 valence electrons. The predicted molar refractivity (Wildman–Crippen MR) is 103 cm³/mol. The number of likely N-dealkylation sites (tertiary alicyclic amines) is 1. The molecule has 1 aromatic rings. The molecule has 0 aromatic heterocycles. The minimum absolute atomic E-state index is 0.255. The Labute approximate surface area is 164 Å². The van der Waals surface area contributed by atoms with Crippen molar-refractivity contribution in [3.05, 3.63) is 35.4 Å². The highest BCUT2D eigenvalue weighted by Gasteiger charge is 2.29. The third kappa shape index (κ3) is 7.31. The van der Waals surface area contributed by atoms with Crippen molar-refractivity contribution >= 4 is 5.96 Å². The highest BCUT2D eigenvalue weighted by atomic mass is 19.4. The van der Waals surface area contributed by atoms with Gasteiger partial charge in [0.25, 0.3) is 0 Å². The van der Waals surface area contributed by atoms with Gasteiger partial charge in [0.2, 0.25) is 0 Å². The standard InChI is InChI=1S/C20H30F3N3O2/c1-3-24-19(25-15-16-5-7-17(8-6-16)20(21,22)23)26-11-9-18(10-12-26)28-14-4-13-27-2/h5-8,18H,3-4,9-15H2,1-2H3,(H,24,25). The summed E-state index contributed by atoms with van der Waals surface area (Å²) in [6.07, 6.45) is -1.30. The molecule has 1 saturated heterocycles. The SMILES string of the molecule is CCNC(=NCc1ccc(C(F)(F)F)cc1)N1CCC(OCCCOC)CC1. The van der Waals surface area contributed by atoms with Crippen molar-refractivity contribution in [1.82, 2.24) is 10.2 Å². The number of methoxy groups -OCH3 is 1. The normalized spacial score (nSPS) is 16.5. The molecule has 1 heterocycles. The minimum atomic E-state index is -4.31. The van der Waals surface area contributed by atoms with Gasteiger partial charge in [0.1, 0.15) is 0 Å². The lowest BCUT2D eigenvalue weighted by Crippen LogP contribution is -2.47. The average Bonchev–Trinajstić information content (AvgIpc) is 2.69. The molecule has 0 atom stereocenters. The van der Waals surface area contributed by atoms with E-state index in [0.717, 1.165) is 62.6 Å². The maximum absolute atomic E-state index is 12.7. The summed E-state index contributed by atoms with van der Waals surface area (Å²) in [5.41, 5.74) is 0.111. The van der Waals surface area contributed by atoms with Gasteiger partial charge >= 0.3 is 6.18 Å². The molecule has 5 nitrogen and oxygen atoms in total. The number of guanidine groups is 1. The topological polar surface area (TPSA) is 46.1 Å². The molecule has 0 spiro atoms. The van der Waals surface area contributed by atoms with E-state index in [2.05, 4.69) is 15.2 Å². The fourth-order valence-corrected chi connectivity index (χ4v) is 3.08. The fourth-order valence-electron chi connectivity index (χ4n) is 3.08. The number of piperidine rings is 1. The van der Waals surface area contributed by atoms with E-state index < -0.39 is 11.7 Å². The Bertz CT molecular complexity index is 598. The second-order valence-electron chi connectivity index (χ2n) is 6.77. The quantitative estimate of drug-likeness (QED) is 0.410. The Morgan fingerprint density at radius 1 is 1.18 bits per heavy atom. The number of aliphatic imine (C=N–C) groups is 1. The number of benzene rings is 1. The highest BCUT2D eigenvalue weighted by molar-refractivity contribution is 5.80. The molecule has 0 amide bonds. The van der Waals surface area contributed by atoms with Crippen LogP contribution in [0.3, 0.4) is 0 Å². The van der Waals surface area contributed by atoms with Crippen LogP contribution in [0, 0.1) is 0 Å². The number of hydrogen-bond donors (Lipinski definition) is 1. The molecule has 0 aliphatic carbocycles. The van der Waals surface area contributed by atoms with E-state index in [1.165, 1.54) is 12.1 Å². The number of hydrogen-bond acceptors (Lipinski definition) is 3. The van der Waals surface area contributed by atoms with Crippen LogP contribution < -0.4 is 5.32 Å². The zero-order valence-corrected chi connectivity index (χ0v) is 16.6. The summed E-state index contributed by atoms with van der Waals surface area (Å²) in [7, 11) is 1.69. The smallest absolute Gasteiger partial charge is 0.385 e. The molecule has 0 saturated carbocycles. The fraction of sp³-hybridized carbons (Fsp3) is 0.650. The lowest BCUT2D eigenvalue weighted by molar-refractivity contribution is -0.137. The number of nitrogens with one attached hydrogen (secondary N) is 1. The Balaban J connectivity index is 1.87. The second-order valence-corrected chi connectivity index (χ2v) is 6.77. The molecule has 1 N–H and O–H groups in total. The van der Waals surface area contributed by atoms with Crippen LogP contribution in [-0.2, 0) is 22.2 Å². The van der Waals surface area contributed by atoms with Gasteiger partial charge in [-0.2, -0.15) is 13.2 Å². The van der Waals surface area contributed by atoms with Crippen molar-refractivity contribution in [1.29, 1.82) is 0 Å². The summed E-state index contributed by atoms with van der Waals surface area (Å²) >= 11 is 0. The van der Waals surface area contributed by atoms with Crippen LogP contribution in [0.1, 0.15) is 37.3 Å². The van der Waals surface area contributed by atoms with Gasteiger partial charge in [0.15, 0.2) is 5.96 Å². The number of alkyl halides is 3. The van der Waals surface area contributed by atoms with Crippen molar-refractivity contribution in [2.75, 3.05) is 40.0 Å². The summed E-state index contributed by atoms with van der Waals surface area (Å²) in [5, 5.41) is 3.27. The van der Waals surface area contributed by atoms with E-state index >= 15 is 0 Å². The number of rotatable bonds is 8. The van der Waals surface area contributed by atoms with Crippen LogP contribution in [-0.4, -0.2) is 56.9 Å². The van der Waals surface area contributed by atoms with Gasteiger partial charge in [-0.05, 0) is 43.9 Å². The van der Waals surface area contributed by atoms with E-state index in [-0.39, 0.29) is 6.10 Å². The van der Waals surface area contributed by atoms with Crippen molar-refractivity contribution in [2.24, 2.45) is 4.99 Å². The second kappa shape index (κ2) is 11.3. The molecule has 0 radical (unpaired) electrons. The van der Waals surface area contributed by atoms with Crippen LogP contribution in [0.5, 0.6) is 0 Å². The van der Waals surface area contributed by atoms with Gasteiger partial charge in [-0.25, -0.2) is 4.99 Å². The van der Waals surface area contributed by atoms with Gasteiger partial charge in [0.05, 0.1) is 18.2 Å². The van der Waals surface area contributed by atoms with E-state index in [4.69, 9.17) is 9.47 Å². The van der Waals surface area contributed by atoms with Crippen LogP contribution >= 0.6 is 0 Å². The zero-order valence-electron chi connectivity index (χ0n) is 16.6. The van der Waals surface area contributed by atoms with Crippen molar-refractivity contribution in [3.63, 3.8) is 0 Å². The maximum Gasteiger partial charge on any atom is 0.416 e. The summed E-state index contributed by atoms with van der Waals surface area (Å²) in [6, 6.07) is 5.17. The van der Waals surface area contributed by atoms with Crippen molar-refractivity contribution < 1.29 is 22.6 Å². The minimum Gasteiger partial charge on any atom is -0.385 e. The predicted octanol–water partition coefficient (Wildman–Crippen LogP) is 3.69. The van der Waals surface area contributed by atoms with E-state index in [9.17, 15) is 13.2 Å². The van der Waals surface area contributed by atoms with Gasteiger partial charge in [-0.3, -0.25) is 0 Å². The first-order valence-corrected chi connectivity index (χ1v) is 9.74. The van der Waals surface area contributed by atoms with Crippen molar-refractivity contribution in [2.45, 2.75) is 45.0 Å². The molecule has 28 heavy (non-hydrogen) atoms. The summed E-state index contributed by atoms with van der Waals surface area (Å²) in [6.45, 7) is 6.18. The first kappa shape index (κ1) is 22.5. The first-order valence-electron chi connectivity index (χ1n) is 9.74. The Kier molecular flexibility index (Phi) is 9.05. The lowest BCUT2D eigenvalue weighted by atomic mass is 10.1. The molecule has 0 bridgehead atoms. The van der Waals surface area contributed by atoms with Crippen LogP contribution in [0.25, 0.3) is 0 Å². The van der Waals surface area contributed by atoms with Crippen LogP contribution in [0.2, 0.25) is 0 Å². The summed E-state index contributed by atoms with van der Waals surface area (Å²) < 4.78 is 48.9. The Morgan fingerprint density at radius 3 is 2.43 bits per heavy atom. The zero-order chi connectivity index (χ0) is 20.4. The van der Waals surface area contributed by atoms with E-state index in [1.54, 1.807) is 7.11 Å². The molecule has 1 aliphatic rings. The maximum atomic E-state index is 12.7. The molecule has 8 heteroatoms. The van der Waals surface area contributed by atoms with E-state index in [1.807, 2.05) is 6.92 Å². The molecule has 1 aliphatic heterocycles. The number of halogens is 3. The van der Waals surface area contributed by atoms with Gasteiger partial charge in [0, 0.05) is 40.0 Å². The monoisotopic (exact) mass is 401 g/mol.